The zero-order chi connectivity index (χ0) is 13.6. The Morgan fingerprint density at radius 2 is 1.35 bits per heavy atom. The Bertz CT molecular complexity index is 626. The molecular formula is C19H15O+. The highest BCUT2D eigenvalue weighted by Gasteiger charge is 2.16. The number of hydrogen-bond acceptors (Lipinski definition) is 0. The molecule has 0 saturated carbocycles. The fourth-order valence-electron chi connectivity index (χ4n) is 2.04. The van der Waals surface area contributed by atoms with Crippen molar-refractivity contribution in [2.24, 2.45) is 0 Å². The molecular weight excluding hydrogens is 244 g/mol. The molecule has 0 heterocycles. The van der Waals surface area contributed by atoms with E-state index in [-0.39, 0.29) is 0 Å². The minimum atomic E-state index is 0.849. The van der Waals surface area contributed by atoms with Crippen LogP contribution in [0.25, 0.3) is 6.08 Å². The van der Waals surface area contributed by atoms with Crippen molar-refractivity contribution in [3.05, 3.63) is 96.1 Å². The summed E-state index contributed by atoms with van der Waals surface area (Å²) in [4.78, 5) is 0. The smallest absolute Gasteiger partial charge is 0.208 e. The molecule has 0 unspecified atom stereocenters. The summed E-state index contributed by atoms with van der Waals surface area (Å²) in [5.41, 5.74) is 2.24. The second kappa shape index (κ2) is 5.98. The van der Waals surface area contributed by atoms with E-state index in [1.54, 1.807) is 0 Å². The van der Waals surface area contributed by atoms with Crippen LogP contribution < -0.4 is 0 Å². The first-order chi connectivity index (χ1) is 9.92. The van der Waals surface area contributed by atoms with Crippen LogP contribution in [0.4, 0.5) is 0 Å². The van der Waals surface area contributed by atoms with Crippen molar-refractivity contribution in [3.8, 4) is 5.75 Å². The molecule has 1 aliphatic rings. The summed E-state index contributed by atoms with van der Waals surface area (Å²) >= 11 is 0. The quantitative estimate of drug-likeness (QED) is 0.546. The largest absolute Gasteiger partial charge is 0.360 e. The molecule has 0 fully saturated rings. The zero-order valence-electron chi connectivity index (χ0n) is 11.1. The Morgan fingerprint density at radius 3 is 2.10 bits per heavy atom. The lowest BCUT2D eigenvalue weighted by molar-refractivity contribution is -0.364. The van der Waals surface area contributed by atoms with E-state index in [1.807, 2.05) is 66.8 Å². The third kappa shape index (κ3) is 3.01. The van der Waals surface area contributed by atoms with Crippen molar-refractivity contribution in [2.75, 3.05) is 0 Å². The Hall–Kier alpha value is -2.67. The van der Waals surface area contributed by atoms with Gasteiger partial charge in [0.15, 0.2) is 0 Å². The molecule has 0 amide bonds. The average molecular weight is 259 g/mol. The van der Waals surface area contributed by atoms with E-state index in [0.717, 1.165) is 22.7 Å². The van der Waals surface area contributed by atoms with E-state index in [9.17, 15) is 0 Å². The lowest BCUT2D eigenvalue weighted by Gasteiger charge is -1.98. The van der Waals surface area contributed by atoms with Gasteiger partial charge >= 0.3 is 11.5 Å². The Labute approximate surface area is 118 Å². The fourth-order valence-corrected chi connectivity index (χ4v) is 2.04. The van der Waals surface area contributed by atoms with Crippen LogP contribution >= 0.6 is 0 Å². The molecule has 0 bridgehead atoms. The molecule has 20 heavy (non-hydrogen) atoms. The molecule has 0 N–H and O–H groups in total. The molecule has 2 aromatic carbocycles. The van der Waals surface area contributed by atoms with E-state index in [1.165, 1.54) is 0 Å². The van der Waals surface area contributed by atoms with Crippen molar-refractivity contribution in [3.63, 3.8) is 0 Å². The Morgan fingerprint density at radius 1 is 0.700 bits per heavy atom. The number of benzene rings is 2. The summed E-state index contributed by atoms with van der Waals surface area (Å²) < 4.78 is 5.95. The summed E-state index contributed by atoms with van der Waals surface area (Å²) in [7, 11) is 0. The SMILES string of the molecule is C1=CC(=Cc2ccccc2)C(=[O+]c2ccccc2)C=C1. The normalized spacial score (nSPS) is 17.8. The van der Waals surface area contributed by atoms with Crippen LogP contribution in [0.5, 0.6) is 5.75 Å². The van der Waals surface area contributed by atoms with Crippen molar-refractivity contribution < 1.29 is 4.42 Å². The van der Waals surface area contributed by atoms with E-state index in [0.29, 0.717) is 0 Å². The third-order valence-electron chi connectivity index (χ3n) is 3.01. The highest BCUT2D eigenvalue weighted by Crippen LogP contribution is 2.17. The summed E-state index contributed by atoms with van der Waals surface area (Å²) in [6, 6.07) is 20.1. The number of hydrogen-bond donors (Lipinski definition) is 0. The number of para-hydroxylation sites is 1. The Kier molecular flexibility index (Phi) is 3.70. The molecule has 96 valence electrons. The highest BCUT2D eigenvalue weighted by molar-refractivity contribution is 6.10. The predicted octanol–water partition coefficient (Wildman–Crippen LogP) is 4.71. The maximum Gasteiger partial charge on any atom is 0.360 e. The molecule has 1 aliphatic carbocycles. The van der Waals surface area contributed by atoms with Gasteiger partial charge in [-0.25, -0.2) is 4.42 Å². The Balaban J connectivity index is 1.97. The van der Waals surface area contributed by atoms with Crippen molar-refractivity contribution in [1.82, 2.24) is 0 Å². The average Bonchev–Trinajstić information content (AvgIpc) is 2.51. The van der Waals surface area contributed by atoms with E-state index in [4.69, 9.17) is 4.42 Å². The third-order valence-corrected chi connectivity index (χ3v) is 3.01. The van der Waals surface area contributed by atoms with Crippen LogP contribution in [0.3, 0.4) is 0 Å². The molecule has 0 saturated heterocycles. The standard InChI is InChI=1S/C19H15O/c1-3-9-16(10-4-1)15-17-11-7-8-14-19(17)20-18-12-5-2-6-13-18/h1-15H/q+1. The van der Waals surface area contributed by atoms with E-state index >= 15 is 0 Å². The van der Waals surface area contributed by atoms with Gasteiger partial charge in [0, 0.05) is 18.2 Å². The topological polar surface area (TPSA) is 11.3 Å². The van der Waals surface area contributed by atoms with Crippen molar-refractivity contribution in [2.45, 2.75) is 0 Å². The molecule has 3 rings (SSSR count). The van der Waals surface area contributed by atoms with Gasteiger partial charge in [0.1, 0.15) is 0 Å². The number of allylic oxidation sites excluding steroid dienone is 5. The first-order valence-corrected chi connectivity index (χ1v) is 6.63. The van der Waals surface area contributed by atoms with Gasteiger partial charge in [0.05, 0.1) is 5.57 Å². The minimum absolute atomic E-state index is 0.849. The van der Waals surface area contributed by atoms with Gasteiger partial charge < -0.3 is 0 Å². The summed E-state index contributed by atoms with van der Waals surface area (Å²) in [5.74, 6) is 1.71. The highest BCUT2D eigenvalue weighted by atomic mass is 16.4. The van der Waals surface area contributed by atoms with Gasteiger partial charge in [0.2, 0.25) is 0 Å². The molecule has 0 aromatic heterocycles. The van der Waals surface area contributed by atoms with Crippen LogP contribution in [-0.4, -0.2) is 5.78 Å². The summed E-state index contributed by atoms with van der Waals surface area (Å²) in [6.07, 6.45) is 10.2. The van der Waals surface area contributed by atoms with Crippen LogP contribution in [0, 0.1) is 0 Å². The first-order valence-electron chi connectivity index (χ1n) is 6.63. The van der Waals surface area contributed by atoms with Gasteiger partial charge in [-0.2, -0.15) is 0 Å². The maximum absolute atomic E-state index is 5.95. The van der Waals surface area contributed by atoms with Gasteiger partial charge in [-0.05, 0) is 17.7 Å². The van der Waals surface area contributed by atoms with Crippen LogP contribution in [0.2, 0.25) is 0 Å². The van der Waals surface area contributed by atoms with Crippen molar-refractivity contribution >= 4 is 11.9 Å². The van der Waals surface area contributed by atoms with Gasteiger partial charge in [-0.1, -0.05) is 60.7 Å². The van der Waals surface area contributed by atoms with Gasteiger partial charge in [0.25, 0.3) is 0 Å². The molecule has 0 aliphatic heterocycles. The maximum atomic E-state index is 5.95. The van der Waals surface area contributed by atoms with Crippen LogP contribution in [0.15, 0.2) is 90.5 Å². The second-order valence-corrected chi connectivity index (χ2v) is 4.51. The monoisotopic (exact) mass is 259 g/mol. The number of rotatable bonds is 2. The van der Waals surface area contributed by atoms with E-state index in [2.05, 4.69) is 24.3 Å². The van der Waals surface area contributed by atoms with Gasteiger partial charge in [-0.3, -0.25) is 0 Å². The second-order valence-electron chi connectivity index (χ2n) is 4.51. The van der Waals surface area contributed by atoms with Crippen molar-refractivity contribution in [1.29, 1.82) is 0 Å². The lowest BCUT2D eigenvalue weighted by atomic mass is 10.0. The van der Waals surface area contributed by atoms with E-state index < -0.39 is 0 Å². The summed E-state index contributed by atoms with van der Waals surface area (Å²) in [5, 5.41) is 0. The van der Waals surface area contributed by atoms with Crippen LogP contribution in [0.1, 0.15) is 5.56 Å². The molecule has 1 heteroatoms. The van der Waals surface area contributed by atoms with Gasteiger partial charge in [-0.15, -0.1) is 0 Å². The number of ketones is 1. The zero-order valence-corrected chi connectivity index (χ0v) is 11.1. The molecule has 2 aromatic rings. The molecule has 0 spiro atoms. The first kappa shape index (κ1) is 12.4. The fraction of sp³-hybridized carbons (Fsp3) is 0. The molecule has 0 radical (unpaired) electrons. The summed E-state index contributed by atoms with van der Waals surface area (Å²) in [6.45, 7) is 0. The number of carbonyl (C=O) groups excluding carboxylic acids is 1. The predicted molar refractivity (Wildman–Crippen MR) is 83.6 cm³/mol. The van der Waals surface area contributed by atoms with Crippen LogP contribution in [-0.2, 0) is 4.42 Å². The molecule has 0 atom stereocenters. The lowest BCUT2D eigenvalue weighted by Crippen LogP contribution is -2.01. The molecule has 1 nitrogen and oxygen atoms in total. The minimum Gasteiger partial charge on any atom is -0.208 e.